The molecule has 14 heteroatoms. The lowest BCUT2D eigenvalue weighted by atomic mass is 9.85. The van der Waals surface area contributed by atoms with Crippen LogP contribution in [0.15, 0.2) is 12.2 Å². The number of carbonyl (C=O) groups excluding carboxylic acids is 2. The summed E-state index contributed by atoms with van der Waals surface area (Å²) < 4.78 is 33.4. The Bertz CT molecular complexity index is 1010. The number of ether oxygens (including phenoxy) is 2. The molecule has 1 aliphatic rings. The molecule has 1 rings (SSSR count). The van der Waals surface area contributed by atoms with E-state index in [0.717, 1.165) is 64.2 Å². The van der Waals surface area contributed by atoms with Crippen LogP contribution in [0.3, 0.4) is 0 Å². The number of phosphoric ester groups is 1. The molecule has 0 saturated heterocycles. The molecule has 1 aliphatic carbocycles. The first-order chi connectivity index (χ1) is 25.9. The second-order valence-corrected chi connectivity index (χ2v) is 16.3. The molecule has 13 nitrogen and oxygen atoms in total. The predicted molar refractivity (Wildman–Crippen MR) is 207 cm³/mol. The van der Waals surface area contributed by atoms with Crippen molar-refractivity contribution in [2.75, 3.05) is 13.2 Å². The Morgan fingerprint density at radius 3 is 1.44 bits per heavy atom. The van der Waals surface area contributed by atoms with E-state index in [0.29, 0.717) is 12.8 Å². The lowest BCUT2D eigenvalue weighted by Crippen LogP contribution is -2.64. The molecule has 0 spiro atoms. The molecule has 0 aromatic rings. The first-order valence-electron chi connectivity index (χ1n) is 21.0. The molecular weight excluding hydrogens is 719 g/mol. The quantitative estimate of drug-likeness (QED) is 0.0166. The van der Waals surface area contributed by atoms with Gasteiger partial charge in [-0.1, -0.05) is 135 Å². The number of carbonyl (C=O) groups is 2. The number of aliphatic hydroxyl groups is 5. The third-order valence-electron chi connectivity index (χ3n) is 9.86. The highest BCUT2D eigenvalue weighted by Crippen LogP contribution is 2.47. The van der Waals surface area contributed by atoms with Gasteiger partial charge in [0.25, 0.3) is 0 Å². The fraction of sp³-hybridized carbons (Fsp3) is 0.900. The van der Waals surface area contributed by atoms with Gasteiger partial charge in [0.15, 0.2) is 6.10 Å². The van der Waals surface area contributed by atoms with Crippen LogP contribution in [0.2, 0.25) is 0 Å². The molecule has 0 bridgehead atoms. The maximum atomic E-state index is 12.8. The highest BCUT2D eigenvalue weighted by Gasteiger charge is 2.51. The van der Waals surface area contributed by atoms with Gasteiger partial charge in [-0.3, -0.25) is 18.6 Å². The van der Waals surface area contributed by atoms with Gasteiger partial charge in [0.2, 0.25) is 0 Å². The molecule has 0 radical (unpaired) electrons. The monoisotopic (exact) mass is 794 g/mol. The Labute approximate surface area is 324 Å². The van der Waals surface area contributed by atoms with E-state index < -0.39 is 75.7 Å². The van der Waals surface area contributed by atoms with Gasteiger partial charge in [0, 0.05) is 12.8 Å². The largest absolute Gasteiger partial charge is 0.472 e. The number of phosphoric acid groups is 1. The third-order valence-corrected chi connectivity index (χ3v) is 10.8. The van der Waals surface area contributed by atoms with Gasteiger partial charge in [0.1, 0.15) is 43.2 Å². The Morgan fingerprint density at radius 2 is 0.944 bits per heavy atom. The van der Waals surface area contributed by atoms with Crippen molar-refractivity contribution in [2.45, 2.75) is 217 Å². The van der Waals surface area contributed by atoms with Crippen molar-refractivity contribution in [3.05, 3.63) is 12.2 Å². The maximum absolute atomic E-state index is 12.8. The van der Waals surface area contributed by atoms with Crippen LogP contribution < -0.4 is 0 Å². The second kappa shape index (κ2) is 31.6. The molecule has 1 saturated carbocycles. The number of esters is 2. The molecule has 0 amide bonds. The Balaban J connectivity index is 2.51. The first kappa shape index (κ1) is 50.6. The molecule has 0 aromatic heterocycles. The van der Waals surface area contributed by atoms with Crippen LogP contribution in [0, 0.1) is 0 Å². The summed E-state index contributed by atoms with van der Waals surface area (Å²) in [6, 6.07) is 0. The van der Waals surface area contributed by atoms with E-state index in [4.69, 9.17) is 18.5 Å². The standard InChI is InChI=1S/C40H75O13P/c1-3-5-7-9-11-13-15-17-19-21-23-25-27-29-34(42)52-32(30-50-33(41)28-26-24-22-20-18-16-14-12-10-8-6-4-2)31-51-54(48,49)53-40-38(46)36(44)35(43)37(45)39(40)47/h12,14,32,35-40,43-47H,3-11,13,15-31H2,1-2H3,(H,48,49)/b14-12+/t32-,35?,36-,37?,38?,39?,40?/m1/s1. The Morgan fingerprint density at radius 1 is 0.556 bits per heavy atom. The molecule has 1 fully saturated rings. The normalized spacial score (nSPS) is 23.3. The topological polar surface area (TPSA) is 210 Å². The summed E-state index contributed by atoms with van der Waals surface area (Å²) in [4.78, 5) is 35.5. The van der Waals surface area contributed by atoms with E-state index in [1.54, 1.807) is 0 Å². The van der Waals surface area contributed by atoms with E-state index in [9.17, 15) is 44.6 Å². The van der Waals surface area contributed by atoms with Crippen LogP contribution >= 0.6 is 7.82 Å². The van der Waals surface area contributed by atoms with Crippen molar-refractivity contribution in [1.29, 1.82) is 0 Å². The highest BCUT2D eigenvalue weighted by molar-refractivity contribution is 7.47. The van der Waals surface area contributed by atoms with Crippen LogP contribution in [0.5, 0.6) is 0 Å². The summed E-state index contributed by atoms with van der Waals surface area (Å²) in [6.07, 6.45) is 17.1. The van der Waals surface area contributed by atoms with E-state index >= 15 is 0 Å². The highest BCUT2D eigenvalue weighted by atomic mass is 31.2. The molecule has 8 atom stereocenters. The van der Waals surface area contributed by atoms with Crippen LogP contribution in [0.25, 0.3) is 0 Å². The van der Waals surface area contributed by atoms with E-state index in [1.807, 2.05) is 0 Å². The minimum absolute atomic E-state index is 0.0999. The number of unbranched alkanes of at least 4 members (excludes halogenated alkanes) is 20. The SMILES string of the molecule is CCCCC/C=C/CCCCCCCC(=O)OC[C@H](COP(=O)(O)OC1C(O)C(O)C(O)[C@@H](O)C1O)OC(=O)CCCCCCCCCCCCCCC. The molecule has 6 N–H and O–H groups in total. The lowest BCUT2D eigenvalue weighted by Gasteiger charge is -2.41. The summed E-state index contributed by atoms with van der Waals surface area (Å²) in [5, 5.41) is 50.0. The third kappa shape index (κ3) is 24.3. The van der Waals surface area contributed by atoms with Crippen molar-refractivity contribution >= 4 is 19.8 Å². The fourth-order valence-corrected chi connectivity index (χ4v) is 7.37. The van der Waals surface area contributed by atoms with E-state index in [1.165, 1.54) is 70.6 Å². The molecule has 6 unspecified atom stereocenters. The van der Waals surface area contributed by atoms with E-state index in [-0.39, 0.29) is 12.8 Å². The molecule has 318 valence electrons. The molecule has 54 heavy (non-hydrogen) atoms. The van der Waals surface area contributed by atoms with Crippen molar-refractivity contribution in [3.63, 3.8) is 0 Å². The van der Waals surface area contributed by atoms with Crippen LogP contribution in [-0.2, 0) is 32.7 Å². The van der Waals surface area contributed by atoms with Crippen molar-refractivity contribution in [3.8, 4) is 0 Å². The summed E-state index contributed by atoms with van der Waals surface area (Å²) in [5.41, 5.74) is 0. The summed E-state index contributed by atoms with van der Waals surface area (Å²) >= 11 is 0. The lowest BCUT2D eigenvalue weighted by molar-refractivity contribution is -0.220. The van der Waals surface area contributed by atoms with Crippen molar-refractivity contribution in [1.82, 2.24) is 0 Å². The van der Waals surface area contributed by atoms with Gasteiger partial charge >= 0.3 is 19.8 Å². The average Bonchev–Trinajstić information content (AvgIpc) is 3.15. The smallest absolute Gasteiger partial charge is 0.462 e. The number of aliphatic hydroxyl groups excluding tert-OH is 5. The summed E-state index contributed by atoms with van der Waals surface area (Å²) in [7, 11) is -5.11. The van der Waals surface area contributed by atoms with Crippen LogP contribution in [0.1, 0.15) is 174 Å². The average molecular weight is 795 g/mol. The predicted octanol–water partition coefficient (Wildman–Crippen LogP) is 7.11. The van der Waals surface area contributed by atoms with Gasteiger partial charge < -0.3 is 39.9 Å². The van der Waals surface area contributed by atoms with Gasteiger partial charge in [-0.15, -0.1) is 0 Å². The minimum Gasteiger partial charge on any atom is -0.462 e. The van der Waals surface area contributed by atoms with E-state index in [2.05, 4.69) is 26.0 Å². The van der Waals surface area contributed by atoms with Crippen molar-refractivity contribution < 1.29 is 63.1 Å². The second-order valence-electron chi connectivity index (χ2n) is 14.8. The number of hydrogen-bond donors (Lipinski definition) is 6. The number of allylic oxidation sites excluding steroid dienone is 2. The molecular formula is C40H75O13P. The maximum Gasteiger partial charge on any atom is 0.472 e. The zero-order valence-electron chi connectivity index (χ0n) is 33.3. The van der Waals surface area contributed by atoms with Crippen LogP contribution in [-0.4, -0.2) is 98.3 Å². The zero-order valence-corrected chi connectivity index (χ0v) is 34.2. The van der Waals surface area contributed by atoms with Gasteiger partial charge in [0.05, 0.1) is 6.61 Å². The summed E-state index contributed by atoms with van der Waals surface area (Å²) in [6.45, 7) is 3.25. The Hall–Kier alpha value is -1.41. The zero-order chi connectivity index (χ0) is 40.0. The van der Waals surface area contributed by atoms with Gasteiger partial charge in [-0.25, -0.2) is 4.57 Å². The molecule has 0 heterocycles. The summed E-state index contributed by atoms with van der Waals surface area (Å²) in [5.74, 6) is -1.11. The van der Waals surface area contributed by atoms with Gasteiger partial charge in [-0.05, 0) is 38.5 Å². The number of rotatable bonds is 34. The van der Waals surface area contributed by atoms with Gasteiger partial charge in [-0.2, -0.15) is 0 Å². The minimum atomic E-state index is -5.11. The van der Waals surface area contributed by atoms with Crippen LogP contribution in [0.4, 0.5) is 0 Å². The molecule has 0 aliphatic heterocycles. The molecule has 0 aromatic carbocycles. The number of hydrogen-bond acceptors (Lipinski definition) is 12. The fourth-order valence-electron chi connectivity index (χ4n) is 6.40. The Kier molecular flexibility index (Phi) is 29.7. The first-order valence-corrected chi connectivity index (χ1v) is 22.5. The van der Waals surface area contributed by atoms with Crippen molar-refractivity contribution in [2.24, 2.45) is 0 Å².